The van der Waals surface area contributed by atoms with E-state index in [4.69, 9.17) is 9.47 Å². The number of amides is 2. The van der Waals surface area contributed by atoms with Gasteiger partial charge in [-0.3, -0.25) is 15.1 Å². The molecule has 218 valence electrons. The lowest BCUT2D eigenvalue weighted by molar-refractivity contribution is -0.385. The van der Waals surface area contributed by atoms with Gasteiger partial charge in [-0.1, -0.05) is 22.6 Å². The van der Waals surface area contributed by atoms with Gasteiger partial charge in [-0.2, -0.15) is 4.90 Å². The van der Waals surface area contributed by atoms with Crippen LogP contribution in [0.4, 0.5) is 24.1 Å². The highest BCUT2D eigenvalue weighted by atomic mass is 127. The third kappa shape index (κ3) is 7.02. The molecule has 1 aromatic rings. The van der Waals surface area contributed by atoms with Crippen LogP contribution in [-0.4, -0.2) is 69.1 Å². The van der Waals surface area contributed by atoms with Gasteiger partial charge in [0.2, 0.25) is 0 Å². The summed E-state index contributed by atoms with van der Waals surface area (Å²) < 4.78 is 66.0. The van der Waals surface area contributed by atoms with Crippen LogP contribution in [0.1, 0.15) is 60.5 Å². The van der Waals surface area contributed by atoms with Gasteiger partial charge in [0.25, 0.3) is 5.69 Å². The molecular weight excluding hydrogens is 655 g/mol. The SMILES string of the molecule is CC(C)(C)OC(=O)N(C(=O)OC(C)(C)C)C1=NC(C)(c2cc([N+](=O)[O-])ccc2F)CS(=O)(=O)C1(CF)CCI. The first kappa shape index (κ1) is 32.8. The molecule has 0 saturated heterocycles. The maximum atomic E-state index is 15.1. The molecule has 0 saturated carbocycles. The van der Waals surface area contributed by atoms with E-state index in [1.165, 1.54) is 48.5 Å². The Bertz CT molecular complexity index is 1270. The van der Waals surface area contributed by atoms with Gasteiger partial charge in [0.1, 0.15) is 35.1 Å². The van der Waals surface area contributed by atoms with Gasteiger partial charge < -0.3 is 9.47 Å². The summed E-state index contributed by atoms with van der Waals surface area (Å²) in [7, 11) is -4.66. The van der Waals surface area contributed by atoms with Crippen molar-refractivity contribution in [3.63, 3.8) is 0 Å². The van der Waals surface area contributed by atoms with E-state index in [0.717, 1.165) is 18.2 Å². The molecule has 15 heteroatoms. The quantitative estimate of drug-likeness (QED) is 0.171. The number of halogens is 3. The van der Waals surface area contributed by atoms with Crippen molar-refractivity contribution in [1.82, 2.24) is 4.90 Å². The Morgan fingerprint density at radius 1 is 1.15 bits per heavy atom. The molecule has 1 aromatic carbocycles. The van der Waals surface area contributed by atoms with Gasteiger partial charge in [0.05, 0.1) is 10.7 Å². The number of imide groups is 1. The highest BCUT2D eigenvalue weighted by Gasteiger charge is 2.60. The maximum absolute atomic E-state index is 15.1. The average molecular weight is 688 g/mol. The summed E-state index contributed by atoms with van der Waals surface area (Å²) in [6, 6.07) is 2.49. The number of alkyl halides is 2. The molecule has 1 aliphatic heterocycles. The van der Waals surface area contributed by atoms with Crippen molar-refractivity contribution in [2.45, 2.75) is 76.4 Å². The number of carbonyl (C=O) groups excluding carboxylic acids is 2. The van der Waals surface area contributed by atoms with Crippen LogP contribution in [-0.2, 0) is 24.8 Å². The molecule has 0 aliphatic carbocycles. The van der Waals surface area contributed by atoms with Crippen molar-refractivity contribution in [3.8, 4) is 0 Å². The first-order valence-electron chi connectivity index (χ1n) is 11.8. The van der Waals surface area contributed by atoms with E-state index >= 15 is 4.39 Å². The molecule has 1 aliphatic rings. The Balaban J connectivity index is 3.02. The van der Waals surface area contributed by atoms with Gasteiger partial charge in [0.15, 0.2) is 14.6 Å². The third-order valence-corrected chi connectivity index (χ3v) is 8.81. The lowest BCUT2D eigenvalue weighted by Gasteiger charge is -2.44. The van der Waals surface area contributed by atoms with Gasteiger partial charge >= 0.3 is 12.2 Å². The number of rotatable bonds is 5. The van der Waals surface area contributed by atoms with Gasteiger partial charge in [-0.05, 0) is 61.0 Å². The number of hydrogen-bond acceptors (Lipinski definition) is 9. The molecule has 0 spiro atoms. The summed E-state index contributed by atoms with van der Waals surface area (Å²) >= 11 is 1.82. The van der Waals surface area contributed by atoms with Crippen LogP contribution < -0.4 is 0 Å². The number of non-ortho nitro benzene ring substituents is 1. The van der Waals surface area contributed by atoms with Gasteiger partial charge in [0, 0.05) is 22.1 Å². The minimum absolute atomic E-state index is 0.0677. The summed E-state index contributed by atoms with van der Waals surface area (Å²) in [5.74, 6) is -2.84. The molecule has 2 rings (SSSR count). The first-order chi connectivity index (χ1) is 17.6. The highest BCUT2D eigenvalue weighted by molar-refractivity contribution is 14.1. The smallest absolute Gasteiger partial charge is 0.425 e. The predicted molar refractivity (Wildman–Crippen MR) is 148 cm³/mol. The highest BCUT2D eigenvalue weighted by Crippen LogP contribution is 2.43. The second-order valence-electron chi connectivity index (χ2n) is 11.3. The van der Waals surface area contributed by atoms with Crippen molar-refractivity contribution in [2.75, 3.05) is 16.9 Å². The number of sulfone groups is 1. The molecule has 0 N–H and O–H groups in total. The second kappa shape index (κ2) is 11.2. The molecule has 0 fully saturated rings. The first-order valence-corrected chi connectivity index (χ1v) is 15.0. The van der Waals surface area contributed by atoms with Crippen molar-refractivity contribution in [2.24, 2.45) is 4.99 Å². The molecule has 1 heterocycles. The monoisotopic (exact) mass is 687 g/mol. The number of benzene rings is 1. The third-order valence-electron chi connectivity index (χ3n) is 5.65. The number of ether oxygens (including phenoxy) is 2. The van der Waals surface area contributed by atoms with E-state index < -0.39 is 90.2 Å². The minimum Gasteiger partial charge on any atom is -0.443 e. The summed E-state index contributed by atoms with van der Waals surface area (Å²) in [6.45, 7) is 8.55. The van der Waals surface area contributed by atoms with Crippen molar-refractivity contribution in [1.29, 1.82) is 0 Å². The van der Waals surface area contributed by atoms with Crippen molar-refractivity contribution >= 4 is 56.1 Å². The van der Waals surface area contributed by atoms with E-state index in [1.54, 1.807) is 0 Å². The normalized spacial score (nSPS) is 23.0. The largest absolute Gasteiger partial charge is 0.443 e. The van der Waals surface area contributed by atoms with Crippen LogP contribution in [0.15, 0.2) is 23.2 Å². The molecule has 2 atom stereocenters. The zero-order valence-corrected chi connectivity index (χ0v) is 25.7. The molecule has 2 unspecified atom stereocenters. The topological polar surface area (TPSA) is 145 Å². The molecule has 11 nitrogen and oxygen atoms in total. The van der Waals surface area contributed by atoms with Crippen molar-refractivity contribution < 1.29 is 41.2 Å². The van der Waals surface area contributed by atoms with Crippen LogP contribution in [0.2, 0.25) is 0 Å². The number of nitrogens with zero attached hydrogens (tertiary/aromatic N) is 3. The van der Waals surface area contributed by atoms with Gasteiger partial charge in [-0.15, -0.1) is 0 Å². The Kier molecular flexibility index (Phi) is 9.43. The Morgan fingerprint density at radius 2 is 1.67 bits per heavy atom. The van der Waals surface area contributed by atoms with Gasteiger partial charge in [-0.25, -0.2) is 26.8 Å². The molecular formula is C24H32F2IN3O8S. The number of nitro groups is 1. The Labute approximate surface area is 239 Å². The lowest BCUT2D eigenvalue weighted by atomic mass is 9.92. The maximum Gasteiger partial charge on any atom is 0.425 e. The standard InChI is InChI=1S/C24H32F2IN3O8S/c1-21(2,3)37-19(31)29(20(32)38-22(4,5)6)18-24(13-25,10-11-27)39(35,36)14-23(7,28-18)16-12-15(30(33)34)8-9-17(16)26/h8-9,12H,10-11,13-14H2,1-7H3. The fraction of sp³-hybridized carbons (Fsp3) is 0.625. The fourth-order valence-electron chi connectivity index (χ4n) is 3.94. The predicted octanol–water partition coefficient (Wildman–Crippen LogP) is 5.48. The number of nitro benzene ring substituents is 1. The number of hydrogen-bond donors (Lipinski definition) is 0. The van der Waals surface area contributed by atoms with Crippen LogP contribution in [0.25, 0.3) is 0 Å². The Hall–Kier alpha value is -2.43. The number of amidine groups is 1. The molecule has 0 aromatic heterocycles. The summed E-state index contributed by atoms with van der Waals surface area (Å²) in [4.78, 5) is 42.0. The zero-order chi connectivity index (χ0) is 30.2. The zero-order valence-electron chi connectivity index (χ0n) is 22.7. The summed E-state index contributed by atoms with van der Waals surface area (Å²) in [5, 5.41) is 11.4. The van der Waals surface area contributed by atoms with Crippen LogP contribution in [0.5, 0.6) is 0 Å². The van der Waals surface area contributed by atoms with Crippen molar-refractivity contribution in [3.05, 3.63) is 39.7 Å². The van der Waals surface area contributed by atoms with E-state index in [1.807, 2.05) is 22.6 Å². The number of carbonyl (C=O) groups is 2. The molecule has 0 bridgehead atoms. The lowest BCUT2D eigenvalue weighted by Crippen LogP contribution is -2.64. The number of aliphatic imine (C=N–C) groups is 1. The summed E-state index contributed by atoms with van der Waals surface area (Å²) in [5.41, 5.74) is -5.50. The Morgan fingerprint density at radius 3 is 2.08 bits per heavy atom. The van der Waals surface area contributed by atoms with Crippen LogP contribution in [0.3, 0.4) is 0 Å². The van der Waals surface area contributed by atoms with E-state index in [2.05, 4.69) is 4.99 Å². The fourth-order valence-corrected chi connectivity index (χ4v) is 7.46. The van der Waals surface area contributed by atoms with E-state index in [-0.39, 0.29) is 9.33 Å². The molecule has 39 heavy (non-hydrogen) atoms. The van der Waals surface area contributed by atoms with E-state index in [9.17, 15) is 32.5 Å². The molecule has 0 radical (unpaired) electrons. The average Bonchev–Trinajstić information content (AvgIpc) is 2.73. The minimum atomic E-state index is -4.66. The second-order valence-corrected chi connectivity index (χ2v) is 14.6. The summed E-state index contributed by atoms with van der Waals surface area (Å²) in [6.07, 6.45) is -3.18. The van der Waals surface area contributed by atoms with E-state index in [0.29, 0.717) is 0 Å². The van der Waals surface area contributed by atoms with Crippen LogP contribution >= 0.6 is 22.6 Å². The molecule has 2 amide bonds. The van der Waals surface area contributed by atoms with Crippen LogP contribution in [0, 0.1) is 15.9 Å².